The smallest absolute Gasteiger partial charge is 0.273 e. The second-order valence-electron chi connectivity index (χ2n) is 9.89. The van der Waals surface area contributed by atoms with E-state index in [4.69, 9.17) is 9.26 Å². The topological polar surface area (TPSA) is 67.6 Å². The highest BCUT2D eigenvalue weighted by Crippen LogP contribution is 2.26. The zero-order chi connectivity index (χ0) is 24.6. The van der Waals surface area contributed by atoms with Crippen molar-refractivity contribution in [3.05, 3.63) is 71.4 Å². The molecule has 6 heteroatoms. The van der Waals surface area contributed by atoms with Gasteiger partial charge in [0.1, 0.15) is 5.75 Å². The van der Waals surface area contributed by atoms with Crippen LogP contribution in [0.15, 0.2) is 59.1 Å². The van der Waals surface area contributed by atoms with Crippen molar-refractivity contribution >= 4 is 5.91 Å². The fraction of sp³-hybridized carbons (Fsp3) is 0.448. The summed E-state index contributed by atoms with van der Waals surface area (Å²) in [6.07, 6.45) is 4.94. The lowest BCUT2D eigenvalue weighted by atomic mass is 10.0. The van der Waals surface area contributed by atoms with Gasteiger partial charge in [-0.15, -0.1) is 0 Å². The predicted octanol–water partition coefficient (Wildman–Crippen LogP) is 6.03. The Kier molecular flexibility index (Phi) is 8.59. The number of ether oxygens (including phenoxy) is 1. The summed E-state index contributed by atoms with van der Waals surface area (Å²) in [5.41, 5.74) is 3.62. The van der Waals surface area contributed by atoms with Crippen LogP contribution in [0.2, 0.25) is 0 Å². The maximum absolute atomic E-state index is 13.0. The zero-order valence-electron chi connectivity index (χ0n) is 21.1. The van der Waals surface area contributed by atoms with Crippen molar-refractivity contribution < 1.29 is 14.1 Å². The van der Waals surface area contributed by atoms with E-state index in [1.807, 2.05) is 24.3 Å². The molecule has 1 fully saturated rings. The van der Waals surface area contributed by atoms with Gasteiger partial charge < -0.3 is 14.6 Å². The van der Waals surface area contributed by atoms with Crippen molar-refractivity contribution in [3.8, 4) is 17.1 Å². The first-order chi connectivity index (χ1) is 17.0. The molecule has 1 unspecified atom stereocenters. The SMILES string of the molecule is Cc1ccc(C(CNC(=O)c2cc(-c3ccc(OCC(C)C)cc3)on2)N2CCCCCC2)cc1. The van der Waals surface area contributed by atoms with E-state index in [1.54, 1.807) is 6.07 Å². The Labute approximate surface area is 208 Å². The average molecular weight is 476 g/mol. The van der Waals surface area contributed by atoms with Gasteiger partial charge in [0.25, 0.3) is 5.91 Å². The maximum atomic E-state index is 13.0. The lowest BCUT2D eigenvalue weighted by Crippen LogP contribution is -2.38. The Morgan fingerprint density at radius 1 is 1.03 bits per heavy atom. The predicted molar refractivity (Wildman–Crippen MR) is 139 cm³/mol. The highest BCUT2D eigenvalue weighted by atomic mass is 16.5. The van der Waals surface area contributed by atoms with Crippen LogP contribution in [-0.2, 0) is 0 Å². The Bertz CT molecular complexity index is 1070. The van der Waals surface area contributed by atoms with E-state index in [-0.39, 0.29) is 11.9 Å². The number of nitrogens with zero attached hydrogens (tertiary/aromatic N) is 2. The molecular formula is C29H37N3O3. The van der Waals surface area contributed by atoms with E-state index in [2.05, 4.69) is 60.4 Å². The van der Waals surface area contributed by atoms with Gasteiger partial charge in [0.2, 0.25) is 0 Å². The second-order valence-corrected chi connectivity index (χ2v) is 9.89. The number of aryl methyl sites for hydroxylation is 1. The third kappa shape index (κ3) is 6.95. The van der Waals surface area contributed by atoms with Crippen molar-refractivity contribution in [2.24, 2.45) is 5.92 Å². The molecule has 1 saturated heterocycles. The van der Waals surface area contributed by atoms with Gasteiger partial charge in [-0.25, -0.2) is 0 Å². The molecule has 1 N–H and O–H groups in total. The number of hydrogen-bond acceptors (Lipinski definition) is 5. The zero-order valence-corrected chi connectivity index (χ0v) is 21.1. The first kappa shape index (κ1) is 25.0. The van der Waals surface area contributed by atoms with E-state index >= 15 is 0 Å². The number of likely N-dealkylation sites (tertiary alicyclic amines) is 1. The van der Waals surface area contributed by atoms with Crippen molar-refractivity contribution in [3.63, 3.8) is 0 Å². The molecule has 1 aliphatic rings. The standard InChI is InChI=1S/C29H37N3O3/c1-21(2)20-34-25-14-12-24(13-15-25)28-18-26(31-35-28)29(33)30-19-27(23-10-8-22(3)9-11-23)32-16-6-4-5-7-17-32/h8-15,18,21,27H,4-7,16-17,19-20H2,1-3H3,(H,30,33). The summed E-state index contributed by atoms with van der Waals surface area (Å²) in [5.74, 6) is 1.63. The third-order valence-corrected chi connectivity index (χ3v) is 6.46. The summed E-state index contributed by atoms with van der Waals surface area (Å²) >= 11 is 0. The van der Waals surface area contributed by atoms with E-state index in [0.29, 0.717) is 30.5 Å². The minimum atomic E-state index is -0.219. The molecule has 35 heavy (non-hydrogen) atoms. The molecule has 1 amide bonds. The lowest BCUT2D eigenvalue weighted by molar-refractivity contribution is 0.0924. The molecule has 0 bridgehead atoms. The minimum absolute atomic E-state index is 0.141. The van der Waals surface area contributed by atoms with Crippen LogP contribution in [0.3, 0.4) is 0 Å². The van der Waals surface area contributed by atoms with Crippen molar-refractivity contribution in [1.29, 1.82) is 0 Å². The number of aromatic nitrogens is 1. The maximum Gasteiger partial charge on any atom is 0.273 e. The van der Waals surface area contributed by atoms with E-state index < -0.39 is 0 Å². The summed E-state index contributed by atoms with van der Waals surface area (Å²) in [4.78, 5) is 15.5. The monoisotopic (exact) mass is 475 g/mol. The molecule has 4 rings (SSSR count). The van der Waals surface area contributed by atoms with Gasteiger partial charge in [-0.3, -0.25) is 9.69 Å². The summed E-state index contributed by atoms with van der Waals surface area (Å²) < 4.78 is 11.2. The van der Waals surface area contributed by atoms with Gasteiger partial charge in [0, 0.05) is 18.2 Å². The summed E-state index contributed by atoms with van der Waals surface area (Å²) in [6, 6.07) is 18.2. The Hall–Kier alpha value is -3.12. The van der Waals surface area contributed by atoms with Crippen LogP contribution in [0, 0.1) is 12.8 Å². The van der Waals surface area contributed by atoms with Crippen LogP contribution in [-0.4, -0.2) is 42.2 Å². The van der Waals surface area contributed by atoms with Crippen LogP contribution >= 0.6 is 0 Å². The molecule has 0 aliphatic carbocycles. The highest BCUT2D eigenvalue weighted by Gasteiger charge is 2.23. The van der Waals surface area contributed by atoms with Gasteiger partial charge in [0.15, 0.2) is 11.5 Å². The molecule has 0 radical (unpaired) electrons. The van der Waals surface area contributed by atoms with Crippen LogP contribution in [0.25, 0.3) is 11.3 Å². The third-order valence-electron chi connectivity index (χ3n) is 6.46. The van der Waals surface area contributed by atoms with Crippen molar-refractivity contribution in [1.82, 2.24) is 15.4 Å². The van der Waals surface area contributed by atoms with Gasteiger partial charge >= 0.3 is 0 Å². The van der Waals surface area contributed by atoms with Crippen molar-refractivity contribution in [2.75, 3.05) is 26.2 Å². The molecule has 186 valence electrons. The lowest BCUT2D eigenvalue weighted by Gasteiger charge is -2.31. The molecule has 2 aromatic carbocycles. The second kappa shape index (κ2) is 12.0. The van der Waals surface area contributed by atoms with Crippen LogP contribution in [0.4, 0.5) is 0 Å². The normalized spacial score (nSPS) is 15.5. The average Bonchev–Trinajstić information content (AvgIpc) is 3.21. The number of carbonyl (C=O) groups excluding carboxylic acids is 1. The van der Waals surface area contributed by atoms with Crippen LogP contribution in [0.5, 0.6) is 5.75 Å². The fourth-order valence-electron chi connectivity index (χ4n) is 4.43. The molecule has 2 heterocycles. The molecule has 1 aromatic heterocycles. The summed E-state index contributed by atoms with van der Waals surface area (Å²) in [6.45, 7) is 9.65. The van der Waals surface area contributed by atoms with E-state index in [9.17, 15) is 4.79 Å². The fourth-order valence-corrected chi connectivity index (χ4v) is 4.43. The summed E-state index contributed by atoms with van der Waals surface area (Å²) in [5, 5.41) is 7.14. The van der Waals surface area contributed by atoms with Crippen LogP contribution < -0.4 is 10.1 Å². The molecule has 1 atom stereocenters. The van der Waals surface area contributed by atoms with E-state index in [0.717, 1.165) is 24.4 Å². The van der Waals surface area contributed by atoms with Crippen molar-refractivity contribution in [2.45, 2.75) is 52.5 Å². The number of benzene rings is 2. The number of carbonyl (C=O) groups is 1. The minimum Gasteiger partial charge on any atom is -0.493 e. The van der Waals surface area contributed by atoms with E-state index in [1.165, 1.54) is 36.8 Å². The largest absolute Gasteiger partial charge is 0.493 e. The first-order valence-electron chi connectivity index (χ1n) is 12.8. The quantitative estimate of drug-likeness (QED) is 0.409. The number of hydrogen-bond donors (Lipinski definition) is 1. The number of amides is 1. The Morgan fingerprint density at radius 2 is 1.71 bits per heavy atom. The molecule has 0 spiro atoms. The molecule has 3 aromatic rings. The number of nitrogens with one attached hydrogen (secondary N) is 1. The van der Waals surface area contributed by atoms with Gasteiger partial charge in [-0.05, 0) is 68.6 Å². The highest BCUT2D eigenvalue weighted by molar-refractivity contribution is 5.93. The van der Waals surface area contributed by atoms with Gasteiger partial charge in [-0.2, -0.15) is 0 Å². The number of rotatable bonds is 9. The summed E-state index contributed by atoms with van der Waals surface area (Å²) in [7, 11) is 0. The molecule has 0 saturated carbocycles. The van der Waals surface area contributed by atoms with Gasteiger partial charge in [-0.1, -0.05) is 61.7 Å². The molecule has 6 nitrogen and oxygen atoms in total. The Morgan fingerprint density at radius 3 is 2.37 bits per heavy atom. The van der Waals surface area contributed by atoms with Crippen LogP contribution in [0.1, 0.15) is 67.2 Å². The molecular weight excluding hydrogens is 438 g/mol. The first-order valence-corrected chi connectivity index (χ1v) is 12.8. The van der Waals surface area contributed by atoms with Gasteiger partial charge in [0.05, 0.1) is 12.6 Å². The Balaban J connectivity index is 1.41. The molecule has 1 aliphatic heterocycles.